The number of benzene rings is 2. The van der Waals surface area contributed by atoms with Crippen LogP contribution in [0.1, 0.15) is 0 Å². The highest BCUT2D eigenvalue weighted by atomic mass is 28.4. The summed E-state index contributed by atoms with van der Waals surface area (Å²) in [5, 5.41) is -0.606. The van der Waals surface area contributed by atoms with Gasteiger partial charge in [0.05, 0.1) is 0 Å². The molecular formula is C20H16F12O2Si. The largest absolute Gasteiger partial charge is 0.425 e. The van der Waals surface area contributed by atoms with Crippen LogP contribution in [-0.4, -0.2) is 58.3 Å². The van der Waals surface area contributed by atoms with Crippen molar-refractivity contribution in [2.45, 2.75) is 36.5 Å². The molecule has 2 nitrogen and oxygen atoms in total. The van der Waals surface area contributed by atoms with Crippen molar-refractivity contribution in [3.63, 3.8) is 0 Å². The Hall–Kier alpha value is -2.26. The molecule has 0 radical (unpaired) electrons. The molecule has 35 heavy (non-hydrogen) atoms. The van der Waals surface area contributed by atoms with Crippen LogP contribution in [0.4, 0.5) is 52.7 Å². The zero-order chi connectivity index (χ0) is 26.7. The Kier molecular flexibility index (Phi) is 8.59. The van der Waals surface area contributed by atoms with Gasteiger partial charge in [0.15, 0.2) is 0 Å². The van der Waals surface area contributed by atoms with Crippen LogP contribution in [0.2, 0.25) is 0 Å². The monoisotopic (exact) mass is 544 g/mol. The summed E-state index contributed by atoms with van der Waals surface area (Å²) in [4.78, 5) is 0. The van der Waals surface area contributed by atoms with Gasteiger partial charge in [0.1, 0.15) is 13.2 Å². The molecule has 2 rings (SSSR count). The van der Waals surface area contributed by atoms with Gasteiger partial charge in [-0.3, -0.25) is 0 Å². The van der Waals surface area contributed by atoms with E-state index >= 15 is 0 Å². The number of hydrogen-bond donors (Lipinski definition) is 0. The Morgan fingerprint density at radius 2 is 0.829 bits per heavy atom. The topological polar surface area (TPSA) is 18.5 Å². The average Bonchev–Trinajstić information content (AvgIpc) is 2.78. The first kappa shape index (κ1) is 29.0. The minimum atomic E-state index is -6.02. The number of hydrogen-bond acceptors (Lipinski definition) is 2. The third-order valence-corrected chi connectivity index (χ3v) is 7.85. The first-order valence-electron chi connectivity index (χ1n) is 9.50. The molecule has 0 N–H and O–H groups in total. The van der Waals surface area contributed by atoms with Crippen molar-refractivity contribution in [1.29, 1.82) is 0 Å². The predicted molar refractivity (Wildman–Crippen MR) is 102 cm³/mol. The molecule has 0 aromatic heterocycles. The highest BCUT2D eigenvalue weighted by Gasteiger charge is 2.60. The van der Waals surface area contributed by atoms with E-state index in [2.05, 4.69) is 0 Å². The third kappa shape index (κ3) is 6.91. The lowest BCUT2D eigenvalue weighted by molar-refractivity contribution is -0.253. The van der Waals surface area contributed by atoms with Gasteiger partial charge in [-0.1, -0.05) is 60.7 Å². The molecule has 0 saturated heterocycles. The molecule has 2 aromatic carbocycles. The molecule has 0 aliphatic heterocycles. The first-order chi connectivity index (χ1) is 15.9. The molecule has 0 heterocycles. The van der Waals surface area contributed by atoms with Crippen LogP contribution >= 0.6 is 0 Å². The van der Waals surface area contributed by atoms with Crippen LogP contribution in [0.5, 0.6) is 0 Å². The molecule has 0 aliphatic carbocycles. The molecule has 0 spiro atoms. The standard InChI is InChI=1S/C20H16F12O2Si/c21-15(19(27,28)29)17(23,24)11-33-35(13-7-3-1-4-8-13,14-9-5-2-6-10-14)34-12-18(25,26)16(22)20(30,31)32/h1-10,15-16H,11-12H2. The van der Waals surface area contributed by atoms with E-state index in [4.69, 9.17) is 8.85 Å². The van der Waals surface area contributed by atoms with Crippen molar-refractivity contribution in [3.8, 4) is 0 Å². The Morgan fingerprint density at radius 1 is 0.543 bits per heavy atom. The van der Waals surface area contributed by atoms with E-state index in [1.165, 1.54) is 36.4 Å². The van der Waals surface area contributed by atoms with E-state index in [0.29, 0.717) is 0 Å². The Labute approximate surface area is 191 Å². The van der Waals surface area contributed by atoms with E-state index in [1.807, 2.05) is 0 Å². The highest BCUT2D eigenvalue weighted by molar-refractivity contribution is 6.92. The van der Waals surface area contributed by atoms with Crippen molar-refractivity contribution in [2.24, 2.45) is 0 Å². The van der Waals surface area contributed by atoms with Crippen molar-refractivity contribution >= 4 is 18.9 Å². The molecule has 0 fully saturated rings. The summed E-state index contributed by atoms with van der Waals surface area (Å²) in [5.74, 6) is -10.5. The summed E-state index contributed by atoms with van der Waals surface area (Å²) in [6.45, 7) is -4.68. The second kappa shape index (κ2) is 10.4. The minimum absolute atomic E-state index is 0.303. The fourth-order valence-electron chi connectivity index (χ4n) is 2.88. The maximum absolute atomic E-state index is 14.0. The summed E-state index contributed by atoms with van der Waals surface area (Å²) in [7, 11) is -5.01. The number of halogens is 12. The lowest BCUT2D eigenvalue weighted by atomic mass is 10.2. The molecule has 15 heteroatoms. The lowest BCUT2D eigenvalue weighted by Gasteiger charge is -2.35. The molecule has 0 aliphatic rings. The van der Waals surface area contributed by atoms with Gasteiger partial charge in [0.25, 0.3) is 12.3 Å². The molecule has 196 valence electrons. The molecule has 2 atom stereocenters. The normalized spacial score (nSPS) is 15.7. The van der Waals surface area contributed by atoms with Crippen LogP contribution in [0.15, 0.2) is 60.7 Å². The molecular weight excluding hydrogens is 528 g/mol. The maximum Gasteiger partial charge on any atom is 0.425 e. The summed E-state index contributed by atoms with van der Waals surface area (Å²) in [6, 6.07) is 11.9. The van der Waals surface area contributed by atoms with Crippen molar-refractivity contribution < 1.29 is 61.5 Å². The Balaban J connectivity index is 2.56. The summed E-state index contributed by atoms with van der Waals surface area (Å²) < 4.78 is 168. The van der Waals surface area contributed by atoms with Gasteiger partial charge in [-0.05, 0) is 10.4 Å². The van der Waals surface area contributed by atoms with Crippen LogP contribution in [0.25, 0.3) is 0 Å². The number of rotatable bonds is 10. The summed E-state index contributed by atoms with van der Waals surface area (Å²) >= 11 is 0. The van der Waals surface area contributed by atoms with Gasteiger partial charge in [0, 0.05) is 0 Å². The van der Waals surface area contributed by atoms with Crippen LogP contribution in [0, 0.1) is 0 Å². The quantitative estimate of drug-likeness (QED) is 0.297. The van der Waals surface area contributed by atoms with Crippen LogP contribution in [-0.2, 0) is 8.85 Å². The smallest absolute Gasteiger partial charge is 0.381 e. The van der Waals surface area contributed by atoms with Gasteiger partial charge in [-0.25, -0.2) is 26.3 Å². The fourth-order valence-corrected chi connectivity index (χ4v) is 6.02. The van der Waals surface area contributed by atoms with E-state index in [9.17, 15) is 52.7 Å². The van der Waals surface area contributed by atoms with E-state index in [0.717, 1.165) is 24.3 Å². The molecule has 0 saturated carbocycles. The van der Waals surface area contributed by atoms with Crippen LogP contribution < -0.4 is 10.4 Å². The summed E-state index contributed by atoms with van der Waals surface area (Å²) in [6.07, 6.45) is -21.5. The zero-order valence-corrected chi connectivity index (χ0v) is 18.2. The van der Waals surface area contributed by atoms with E-state index in [1.54, 1.807) is 0 Å². The van der Waals surface area contributed by atoms with E-state index in [-0.39, 0.29) is 10.4 Å². The molecule has 0 amide bonds. The van der Waals surface area contributed by atoms with Crippen LogP contribution in [0.3, 0.4) is 0 Å². The molecule has 2 aromatic rings. The average molecular weight is 544 g/mol. The molecule has 0 bridgehead atoms. The van der Waals surface area contributed by atoms with Crippen molar-refractivity contribution in [1.82, 2.24) is 0 Å². The predicted octanol–water partition coefficient (Wildman–Crippen LogP) is 5.35. The zero-order valence-electron chi connectivity index (χ0n) is 17.2. The summed E-state index contributed by atoms with van der Waals surface area (Å²) in [5.41, 5.74) is 0. The molecule has 2 unspecified atom stereocenters. The second-order valence-corrected chi connectivity index (χ2v) is 10.2. The SMILES string of the molecule is FC(C(F)(F)F)C(F)(F)CO[Si](OCC(F)(F)C(F)C(F)(F)F)(c1ccccc1)c1ccccc1. The maximum atomic E-state index is 14.0. The second-order valence-electron chi connectivity index (χ2n) is 7.26. The van der Waals surface area contributed by atoms with Crippen molar-refractivity contribution in [3.05, 3.63) is 60.7 Å². The van der Waals surface area contributed by atoms with E-state index < -0.39 is 58.3 Å². The van der Waals surface area contributed by atoms with Gasteiger partial charge in [-0.2, -0.15) is 26.3 Å². The number of alkyl halides is 12. The Morgan fingerprint density at radius 3 is 1.09 bits per heavy atom. The van der Waals surface area contributed by atoms with Gasteiger partial charge in [0.2, 0.25) is 0 Å². The highest BCUT2D eigenvalue weighted by Crippen LogP contribution is 2.37. The van der Waals surface area contributed by atoms with Gasteiger partial charge in [-0.15, -0.1) is 0 Å². The lowest BCUT2D eigenvalue weighted by Crippen LogP contribution is -2.66. The van der Waals surface area contributed by atoms with Gasteiger partial charge >= 0.3 is 32.8 Å². The fraction of sp³-hybridized carbons (Fsp3) is 0.400. The third-order valence-electron chi connectivity index (χ3n) is 4.56. The Bertz CT molecular complexity index is 857. The first-order valence-corrected chi connectivity index (χ1v) is 11.3. The van der Waals surface area contributed by atoms with Gasteiger partial charge < -0.3 is 8.85 Å². The minimum Gasteiger partial charge on any atom is -0.381 e. The van der Waals surface area contributed by atoms with Crippen molar-refractivity contribution in [2.75, 3.05) is 13.2 Å².